The molecular weight excluding hydrogens is 211 g/mol. The number of halogens is 1. The summed E-state index contributed by atoms with van der Waals surface area (Å²) in [5, 5.41) is 6.22. The fourth-order valence-corrected chi connectivity index (χ4v) is 0.203. The molecule has 0 radical (unpaired) electrons. The van der Waals surface area contributed by atoms with Crippen molar-refractivity contribution >= 4 is 35.4 Å². The smallest absolute Gasteiger partial charge is 0.398 e. The molecule has 0 rings (SSSR count). The van der Waals surface area contributed by atoms with E-state index in [0.717, 1.165) is 0 Å². The van der Waals surface area contributed by atoms with E-state index in [2.05, 4.69) is 8.27 Å². The van der Waals surface area contributed by atoms with Crippen LogP contribution >= 0.6 is 22.9 Å². The lowest BCUT2D eigenvalue weighted by Crippen LogP contribution is -2.11. The molecule has 0 aromatic rings. The largest absolute Gasteiger partial charge is 0.422 e. The van der Waals surface area contributed by atoms with Gasteiger partial charge in [-0.1, -0.05) is 0 Å². The normalized spacial score (nSPS) is 7.00. The molecule has 0 aromatic carbocycles. The van der Waals surface area contributed by atoms with Crippen LogP contribution in [0, 0.1) is 5.41 Å². The second kappa shape index (κ2) is 3.85. The Labute approximate surface area is 54.2 Å². The van der Waals surface area contributed by atoms with Crippen LogP contribution in [0.5, 0.6) is 0 Å². The van der Waals surface area contributed by atoms with Crippen LogP contribution in [0.2, 0.25) is 0 Å². The molecule has 0 heterocycles. The maximum Gasteiger partial charge on any atom is 0.422 e. The predicted octanol–water partition coefficient (Wildman–Crippen LogP) is 0.670. The molecule has 4 nitrogen and oxygen atoms in total. The molecule has 0 bridgehead atoms. The van der Waals surface area contributed by atoms with Crippen LogP contribution in [0.15, 0.2) is 0 Å². The number of nitrogens with one attached hydrogen (secondary N) is 2. The Morgan fingerprint density at radius 1 is 2.00 bits per heavy atom. The summed E-state index contributed by atoms with van der Waals surface area (Å²) < 4.78 is 6.10. The summed E-state index contributed by atoms with van der Waals surface area (Å²) in [7, 11) is 0. The quantitative estimate of drug-likeness (QED) is 0.291. The second-order valence-electron chi connectivity index (χ2n) is 0.618. The fourth-order valence-electron chi connectivity index (χ4n) is 0.0758. The van der Waals surface area contributed by atoms with Gasteiger partial charge >= 0.3 is 6.09 Å². The van der Waals surface area contributed by atoms with Crippen LogP contribution in [0.1, 0.15) is 0 Å². The van der Waals surface area contributed by atoms with Crippen LogP contribution in [0.25, 0.3) is 0 Å². The first kappa shape index (κ1) is 6.67. The van der Waals surface area contributed by atoms with Gasteiger partial charge in [0.25, 0.3) is 0 Å². The van der Waals surface area contributed by atoms with Crippen molar-refractivity contribution in [1.82, 2.24) is 3.53 Å². The van der Waals surface area contributed by atoms with Crippen molar-refractivity contribution < 1.29 is 9.53 Å². The van der Waals surface area contributed by atoms with Crippen LogP contribution in [-0.2, 0) is 4.74 Å². The van der Waals surface area contributed by atoms with E-state index in [1.807, 2.05) is 0 Å². The summed E-state index contributed by atoms with van der Waals surface area (Å²) in [6.07, 6.45) is -0.0656. The zero-order valence-electron chi connectivity index (χ0n) is 3.27. The van der Waals surface area contributed by atoms with Gasteiger partial charge < -0.3 is 4.74 Å². The molecule has 0 aliphatic heterocycles. The number of carbonyl (C=O) groups excluding carboxylic acids is 1. The molecule has 0 saturated heterocycles. The van der Waals surface area contributed by atoms with Gasteiger partial charge in [0.05, 0.1) is 22.9 Å². The third-order valence-corrected chi connectivity index (χ3v) is 0.684. The minimum absolute atomic E-state index is 0.563. The van der Waals surface area contributed by atoms with E-state index in [1.54, 1.807) is 22.9 Å². The van der Waals surface area contributed by atoms with Gasteiger partial charge in [0.1, 0.15) is 0 Å². The molecule has 0 saturated carbocycles. The van der Waals surface area contributed by atoms with E-state index in [4.69, 9.17) is 5.41 Å². The summed E-state index contributed by atoms with van der Waals surface area (Å²) in [4.78, 5) is 9.92. The second-order valence-corrected chi connectivity index (χ2v) is 1.16. The van der Waals surface area contributed by atoms with E-state index in [1.165, 1.54) is 0 Å². The summed E-state index contributed by atoms with van der Waals surface area (Å²) >= 11 is 1.61. The zero-order valence-corrected chi connectivity index (χ0v) is 5.43. The average molecular weight is 214 g/mol. The van der Waals surface area contributed by atoms with Crippen molar-refractivity contribution in [3.63, 3.8) is 0 Å². The van der Waals surface area contributed by atoms with Gasteiger partial charge in [0, 0.05) is 0 Å². The standard InChI is InChI=1S/C2H3IN2O2/c3-5-2(6)7-1-4/h1,4H,(H,5,6). The van der Waals surface area contributed by atoms with E-state index in [9.17, 15) is 4.79 Å². The van der Waals surface area contributed by atoms with E-state index < -0.39 is 6.09 Å². The monoisotopic (exact) mass is 214 g/mol. The highest BCUT2D eigenvalue weighted by atomic mass is 127. The highest BCUT2D eigenvalue weighted by Crippen LogP contribution is 1.74. The molecule has 0 aromatic heterocycles. The zero-order chi connectivity index (χ0) is 5.70. The van der Waals surface area contributed by atoms with E-state index in [-0.39, 0.29) is 0 Å². The van der Waals surface area contributed by atoms with E-state index >= 15 is 0 Å². The van der Waals surface area contributed by atoms with Crippen molar-refractivity contribution in [1.29, 1.82) is 5.41 Å². The fraction of sp³-hybridized carbons (Fsp3) is 0. The van der Waals surface area contributed by atoms with Gasteiger partial charge in [0.2, 0.25) is 0 Å². The predicted molar refractivity (Wildman–Crippen MR) is 32.4 cm³/mol. The van der Waals surface area contributed by atoms with Gasteiger partial charge in [0.15, 0.2) is 6.40 Å². The van der Waals surface area contributed by atoms with Gasteiger partial charge in [-0.3, -0.25) is 8.94 Å². The first-order chi connectivity index (χ1) is 3.31. The average Bonchev–Trinajstić information content (AvgIpc) is 1.68. The molecule has 5 heteroatoms. The lowest BCUT2D eigenvalue weighted by Gasteiger charge is -1.88. The Balaban J connectivity index is 3.17. The van der Waals surface area contributed by atoms with Crippen molar-refractivity contribution in [2.24, 2.45) is 0 Å². The third kappa shape index (κ3) is 3.50. The van der Waals surface area contributed by atoms with Crippen LogP contribution in [0.4, 0.5) is 4.79 Å². The summed E-state index contributed by atoms with van der Waals surface area (Å²) in [5.41, 5.74) is 0. The molecule has 0 aliphatic rings. The third-order valence-electron chi connectivity index (χ3n) is 0.243. The van der Waals surface area contributed by atoms with Gasteiger partial charge in [-0.15, -0.1) is 0 Å². The molecule has 0 fully saturated rings. The number of amides is 1. The Morgan fingerprint density at radius 3 is 2.71 bits per heavy atom. The topological polar surface area (TPSA) is 62.2 Å². The molecular formula is C2H3IN2O2. The maximum atomic E-state index is 9.92. The lowest BCUT2D eigenvalue weighted by molar-refractivity contribution is 0.208. The van der Waals surface area contributed by atoms with Crippen molar-refractivity contribution in [2.45, 2.75) is 0 Å². The highest BCUT2D eigenvalue weighted by molar-refractivity contribution is 14.1. The SMILES string of the molecule is N=COC(=O)NI. The minimum Gasteiger partial charge on any atom is -0.398 e. The maximum absolute atomic E-state index is 9.92. The van der Waals surface area contributed by atoms with Crippen molar-refractivity contribution in [2.75, 3.05) is 0 Å². The molecule has 40 valence electrons. The van der Waals surface area contributed by atoms with E-state index in [0.29, 0.717) is 6.40 Å². The van der Waals surface area contributed by atoms with Crippen LogP contribution < -0.4 is 3.53 Å². The first-order valence-electron chi connectivity index (χ1n) is 1.37. The van der Waals surface area contributed by atoms with Gasteiger partial charge in [-0.25, -0.2) is 4.79 Å². The molecule has 0 unspecified atom stereocenters. The minimum atomic E-state index is -0.629. The molecule has 0 aliphatic carbocycles. The molecule has 0 spiro atoms. The number of carbonyl (C=O) groups is 1. The highest BCUT2D eigenvalue weighted by Gasteiger charge is 1.90. The Kier molecular flexibility index (Phi) is 3.67. The number of rotatable bonds is 1. The number of ether oxygens (including phenoxy) is 1. The Bertz CT molecular complexity index is 83.8. The van der Waals surface area contributed by atoms with Crippen molar-refractivity contribution in [3.05, 3.63) is 0 Å². The molecule has 1 amide bonds. The molecule has 7 heavy (non-hydrogen) atoms. The first-order valence-corrected chi connectivity index (χ1v) is 2.45. The summed E-state index contributed by atoms with van der Waals surface area (Å²) in [6.45, 7) is 0. The summed E-state index contributed by atoms with van der Waals surface area (Å²) in [5.74, 6) is 0. The number of hydrogen-bond acceptors (Lipinski definition) is 3. The summed E-state index contributed by atoms with van der Waals surface area (Å²) in [6, 6.07) is 0. The van der Waals surface area contributed by atoms with Gasteiger partial charge in [-0.2, -0.15) is 0 Å². The molecule has 0 atom stereocenters. The number of hydrogen-bond donors (Lipinski definition) is 2. The molecule has 2 N–H and O–H groups in total. The van der Waals surface area contributed by atoms with Crippen LogP contribution in [-0.4, -0.2) is 12.5 Å². The Hall–Kier alpha value is -0.330. The van der Waals surface area contributed by atoms with Crippen molar-refractivity contribution in [3.8, 4) is 0 Å². The lowest BCUT2D eigenvalue weighted by atomic mass is 11.2. The van der Waals surface area contributed by atoms with Gasteiger partial charge in [-0.05, 0) is 0 Å². The van der Waals surface area contributed by atoms with Crippen LogP contribution in [0.3, 0.4) is 0 Å². The Morgan fingerprint density at radius 2 is 2.57 bits per heavy atom.